The van der Waals surface area contributed by atoms with Crippen LogP contribution in [0.25, 0.3) is 0 Å². The summed E-state index contributed by atoms with van der Waals surface area (Å²) in [7, 11) is -2.83. The number of hydrogen-bond acceptors (Lipinski definition) is 3. The van der Waals surface area contributed by atoms with Gasteiger partial charge in [-0.05, 0) is 6.42 Å². The topological polar surface area (TPSA) is 43.4 Å². The standard InChI is InChI=1S/C12H23IO3S/c1-2-3-4-5-6-7-8-16-12-10-17(14,15)9-11(12)13/h11-12H,2-10H2,1H3. The van der Waals surface area contributed by atoms with Gasteiger partial charge >= 0.3 is 0 Å². The van der Waals surface area contributed by atoms with Crippen LogP contribution >= 0.6 is 22.6 Å². The summed E-state index contributed by atoms with van der Waals surface area (Å²) in [5, 5.41) is 0. The van der Waals surface area contributed by atoms with Crippen molar-refractivity contribution in [3.05, 3.63) is 0 Å². The van der Waals surface area contributed by atoms with Crippen LogP contribution in [0.1, 0.15) is 45.4 Å². The molecule has 0 aromatic rings. The molecule has 0 amide bonds. The summed E-state index contributed by atoms with van der Waals surface area (Å²) in [6.07, 6.45) is 7.35. The smallest absolute Gasteiger partial charge is 0.154 e. The first kappa shape index (κ1) is 15.7. The molecule has 0 bridgehead atoms. The highest BCUT2D eigenvalue weighted by Gasteiger charge is 2.36. The number of unbranched alkanes of at least 4 members (excludes halogenated alkanes) is 5. The summed E-state index contributed by atoms with van der Waals surface area (Å²) in [6.45, 7) is 2.93. The predicted molar refractivity (Wildman–Crippen MR) is 79.6 cm³/mol. The van der Waals surface area contributed by atoms with Gasteiger partial charge in [0.25, 0.3) is 0 Å². The van der Waals surface area contributed by atoms with Gasteiger partial charge in [-0.1, -0.05) is 61.6 Å². The maximum absolute atomic E-state index is 11.4. The lowest BCUT2D eigenvalue weighted by molar-refractivity contribution is 0.0738. The zero-order chi connectivity index (χ0) is 12.7. The third-order valence-electron chi connectivity index (χ3n) is 3.06. The number of ether oxygens (including phenoxy) is 1. The number of alkyl halides is 1. The minimum Gasteiger partial charge on any atom is -0.376 e. The van der Waals surface area contributed by atoms with Crippen molar-refractivity contribution >= 4 is 32.4 Å². The summed E-state index contributed by atoms with van der Waals surface area (Å²) in [5.74, 6) is 0.505. The Morgan fingerprint density at radius 2 is 1.76 bits per heavy atom. The molecule has 5 heteroatoms. The highest BCUT2D eigenvalue weighted by Crippen LogP contribution is 2.23. The molecule has 0 aromatic carbocycles. The molecule has 0 radical (unpaired) electrons. The van der Waals surface area contributed by atoms with E-state index in [-0.39, 0.29) is 21.5 Å². The van der Waals surface area contributed by atoms with Gasteiger partial charge in [0, 0.05) is 6.61 Å². The Hall–Kier alpha value is 0.640. The van der Waals surface area contributed by atoms with E-state index in [1.54, 1.807) is 0 Å². The lowest BCUT2D eigenvalue weighted by Crippen LogP contribution is -2.22. The van der Waals surface area contributed by atoms with Gasteiger partial charge in [-0.25, -0.2) is 8.42 Å². The van der Waals surface area contributed by atoms with E-state index in [1.807, 2.05) is 0 Å². The van der Waals surface area contributed by atoms with Gasteiger partial charge in [0.2, 0.25) is 0 Å². The summed E-state index contributed by atoms with van der Waals surface area (Å²) in [4.78, 5) is 0. The number of hydrogen-bond donors (Lipinski definition) is 0. The van der Waals surface area contributed by atoms with Crippen molar-refractivity contribution in [2.24, 2.45) is 0 Å². The average Bonchev–Trinajstić information content (AvgIpc) is 2.51. The quantitative estimate of drug-likeness (QED) is 0.373. The van der Waals surface area contributed by atoms with Gasteiger partial charge in [-0.2, -0.15) is 0 Å². The lowest BCUT2D eigenvalue weighted by atomic mass is 10.1. The van der Waals surface area contributed by atoms with Crippen LogP contribution in [-0.4, -0.2) is 36.6 Å². The number of halogens is 1. The fourth-order valence-corrected chi connectivity index (χ4v) is 6.16. The van der Waals surface area contributed by atoms with Crippen molar-refractivity contribution < 1.29 is 13.2 Å². The second-order valence-corrected chi connectivity index (χ2v) is 8.52. The van der Waals surface area contributed by atoms with Gasteiger partial charge < -0.3 is 4.74 Å². The van der Waals surface area contributed by atoms with Gasteiger partial charge in [0.15, 0.2) is 9.84 Å². The van der Waals surface area contributed by atoms with E-state index in [9.17, 15) is 8.42 Å². The Kier molecular flexibility index (Phi) is 7.33. The Bertz CT molecular complexity index is 303. The Labute approximate surface area is 119 Å². The van der Waals surface area contributed by atoms with Crippen molar-refractivity contribution in [2.75, 3.05) is 18.1 Å². The molecule has 1 fully saturated rings. The molecule has 0 saturated carbocycles. The van der Waals surface area contributed by atoms with E-state index < -0.39 is 9.84 Å². The molecule has 2 unspecified atom stereocenters. The molecule has 3 nitrogen and oxygen atoms in total. The van der Waals surface area contributed by atoms with Gasteiger partial charge in [0.1, 0.15) is 0 Å². The molecule has 0 aromatic heterocycles. The average molecular weight is 374 g/mol. The van der Waals surface area contributed by atoms with Crippen molar-refractivity contribution in [1.29, 1.82) is 0 Å². The van der Waals surface area contributed by atoms with E-state index in [1.165, 1.54) is 32.1 Å². The Morgan fingerprint density at radius 3 is 2.35 bits per heavy atom. The fourth-order valence-electron chi connectivity index (χ4n) is 2.04. The maximum atomic E-state index is 11.4. The second kappa shape index (κ2) is 7.94. The third kappa shape index (κ3) is 6.38. The van der Waals surface area contributed by atoms with Crippen molar-refractivity contribution in [1.82, 2.24) is 0 Å². The molecule has 102 valence electrons. The van der Waals surface area contributed by atoms with Gasteiger partial charge in [-0.3, -0.25) is 0 Å². The molecular formula is C12H23IO3S. The van der Waals surface area contributed by atoms with E-state index in [2.05, 4.69) is 29.5 Å². The maximum Gasteiger partial charge on any atom is 0.154 e. The van der Waals surface area contributed by atoms with Crippen molar-refractivity contribution in [3.63, 3.8) is 0 Å². The zero-order valence-corrected chi connectivity index (χ0v) is 13.5. The van der Waals surface area contributed by atoms with Gasteiger partial charge in [0.05, 0.1) is 21.5 Å². The summed E-state index contributed by atoms with van der Waals surface area (Å²) in [5.41, 5.74) is 0. The highest BCUT2D eigenvalue weighted by molar-refractivity contribution is 14.1. The molecule has 1 heterocycles. The summed E-state index contributed by atoms with van der Waals surface area (Å²) in [6, 6.07) is 0. The molecule has 1 aliphatic heterocycles. The molecule has 1 aliphatic rings. The van der Waals surface area contributed by atoms with Gasteiger partial charge in [-0.15, -0.1) is 0 Å². The first-order valence-corrected chi connectivity index (χ1v) is 9.58. The van der Waals surface area contributed by atoms with E-state index in [0.717, 1.165) is 6.42 Å². The molecule has 1 saturated heterocycles. The molecule has 0 N–H and O–H groups in total. The van der Waals surface area contributed by atoms with E-state index in [4.69, 9.17) is 4.74 Å². The molecule has 0 spiro atoms. The minimum absolute atomic E-state index is 0.0729. The van der Waals surface area contributed by atoms with Crippen molar-refractivity contribution in [2.45, 2.75) is 55.5 Å². The van der Waals surface area contributed by atoms with Crippen LogP contribution in [0, 0.1) is 0 Å². The Balaban J connectivity index is 2.04. The Morgan fingerprint density at radius 1 is 1.12 bits per heavy atom. The van der Waals surface area contributed by atoms with Crippen LogP contribution in [-0.2, 0) is 14.6 Å². The molecule has 2 atom stereocenters. The monoisotopic (exact) mass is 374 g/mol. The number of sulfone groups is 1. The summed E-state index contributed by atoms with van der Waals surface area (Å²) < 4.78 is 28.6. The van der Waals surface area contributed by atoms with Crippen LogP contribution in [0.2, 0.25) is 0 Å². The summed E-state index contributed by atoms with van der Waals surface area (Å²) >= 11 is 2.19. The largest absolute Gasteiger partial charge is 0.376 e. The second-order valence-electron chi connectivity index (χ2n) is 4.77. The van der Waals surface area contributed by atoms with E-state index in [0.29, 0.717) is 6.61 Å². The third-order valence-corrected chi connectivity index (χ3v) is 6.61. The molecule has 1 rings (SSSR count). The minimum atomic E-state index is -2.83. The fraction of sp³-hybridized carbons (Fsp3) is 1.00. The molecular weight excluding hydrogens is 351 g/mol. The lowest BCUT2D eigenvalue weighted by Gasteiger charge is -2.13. The molecule has 17 heavy (non-hydrogen) atoms. The predicted octanol–water partition coefficient (Wildman–Crippen LogP) is 2.96. The SMILES string of the molecule is CCCCCCCCOC1CS(=O)(=O)CC1I. The first-order chi connectivity index (χ1) is 8.05. The van der Waals surface area contributed by atoms with Crippen LogP contribution in [0.15, 0.2) is 0 Å². The van der Waals surface area contributed by atoms with Crippen LogP contribution in [0.5, 0.6) is 0 Å². The van der Waals surface area contributed by atoms with E-state index >= 15 is 0 Å². The zero-order valence-electron chi connectivity index (χ0n) is 10.5. The van der Waals surface area contributed by atoms with Crippen LogP contribution in [0.4, 0.5) is 0 Å². The molecule has 0 aliphatic carbocycles. The number of rotatable bonds is 8. The van der Waals surface area contributed by atoms with Crippen LogP contribution < -0.4 is 0 Å². The van der Waals surface area contributed by atoms with Crippen LogP contribution in [0.3, 0.4) is 0 Å². The highest BCUT2D eigenvalue weighted by atomic mass is 127. The first-order valence-electron chi connectivity index (χ1n) is 6.51. The van der Waals surface area contributed by atoms with Crippen molar-refractivity contribution in [3.8, 4) is 0 Å². The normalized spacial score (nSPS) is 27.4.